The fourth-order valence-electron chi connectivity index (χ4n) is 3.21. The lowest BCUT2D eigenvalue weighted by molar-refractivity contribution is 0.223. The first-order valence-corrected chi connectivity index (χ1v) is 8.83. The van der Waals surface area contributed by atoms with Crippen LogP contribution in [-0.2, 0) is 6.54 Å². The van der Waals surface area contributed by atoms with Crippen molar-refractivity contribution in [3.05, 3.63) is 29.6 Å². The second-order valence-electron chi connectivity index (χ2n) is 6.07. The number of aliphatic imine (C=N–C) groups is 1. The summed E-state index contributed by atoms with van der Waals surface area (Å²) < 4.78 is 13.4. The molecule has 1 saturated heterocycles. The van der Waals surface area contributed by atoms with Gasteiger partial charge < -0.3 is 15.3 Å². The third-order valence-electron chi connectivity index (χ3n) is 4.55. The molecule has 5 nitrogen and oxygen atoms in total. The van der Waals surface area contributed by atoms with Crippen LogP contribution in [0.3, 0.4) is 0 Å². The molecule has 2 rings (SSSR count). The number of halogens is 2. The first kappa shape index (κ1) is 22.0. The van der Waals surface area contributed by atoms with Crippen molar-refractivity contribution in [2.75, 3.05) is 32.7 Å². The highest BCUT2D eigenvalue weighted by Gasteiger charge is 2.27. The molecular formula is C18H30FIN4O. The number of nitrogens with one attached hydrogen (secondary N) is 1. The van der Waals surface area contributed by atoms with Gasteiger partial charge >= 0.3 is 0 Å². The monoisotopic (exact) mass is 464 g/mol. The molecule has 0 aromatic heterocycles. The van der Waals surface area contributed by atoms with Crippen LogP contribution in [0, 0.1) is 5.82 Å². The SMILES string of the molecule is CCNC(=NCc1ccc(O)c(F)c1)N1CCC(N(CC)CC)C1.I. The molecule has 1 heterocycles. The standard InChI is InChI=1S/C18H29FN4O.HI/c1-4-20-18(21-12-14-7-8-17(24)16(19)11-14)23-10-9-15(13-23)22(5-2)6-3;/h7-8,11,15,24H,4-6,9-10,12-13H2,1-3H3,(H,20,21);1H. The van der Waals surface area contributed by atoms with Crippen molar-refractivity contribution in [1.29, 1.82) is 0 Å². The lowest BCUT2D eigenvalue weighted by Gasteiger charge is -2.27. The summed E-state index contributed by atoms with van der Waals surface area (Å²) in [6.07, 6.45) is 1.14. The van der Waals surface area contributed by atoms with Crippen LogP contribution in [0.5, 0.6) is 5.75 Å². The van der Waals surface area contributed by atoms with E-state index >= 15 is 0 Å². The van der Waals surface area contributed by atoms with Gasteiger partial charge in [-0.3, -0.25) is 4.90 Å². The molecule has 7 heteroatoms. The lowest BCUT2D eigenvalue weighted by Crippen LogP contribution is -2.43. The molecule has 1 aliphatic heterocycles. The van der Waals surface area contributed by atoms with E-state index in [2.05, 4.69) is 34.0 Å². The number of hydrogen-bond donors (Lipinski definition) is 2. The van der Waals surface area contributed by atoms with Gasteiger partial charge in [0.25, 0.3) is 0 Å². The molecule has 0 aliphatic carbocycles. The predicted molar refractivity (Wildman–Crippen MR) is 111 cm³/mol. The van der Waals surface area contributed by atoms with Crippen molar-refractivity contribution in [3.63, 3.8) is 0 Å². The highest BCUT2D eigenvalue weighted by molar-refractivity contribution is 14.0. The Morgan fingerprint density at radius 1 is 1.36 bits per heavy atom. The zero-order valence-corrected chi connectivity index (χ0v) is 17.7. The Kier molecular flexibility index (Phi) is 9.48. The molecule has 0 bridgehead atoms. The molecule has 1 aliphatic rings. The van der Waals surface area contributed by atoms with Gasteiger partial charge in [-0.05, 0) is 44.1 Å². The number of benzene rings is 1. The minimum Gasteiger partial charge on any atom is -0.505 e. The second-order valence-corrected chi connectivity index (χ2v) is 6.07. The van der Waals surface area contributed by atoms with Crippen molar-refractivity contribution in [1.82, 2.24) is 15.1 Å². The fraction of sp³-hybridized carbons (Fsp3) is 0.611. The Balaban J connectivity index is 0.00000312. The van der Waals surface area contributed by atoms with Gasteiger partial charge in [-0.15, -0.1) is 24.0 Å². The number of nitrogens with zero attached hydrogens (tertiary/aromatic N) is 3. The van der Waals surface area contributed by atoms with E-state index in [1.165, 1.54) is 12.1 Å². The van der Waals surface area contributed by atoms with E-state index in [1.54, 1.807) is 6.07 Å². The van der Waals surface area contributed by atoms with Crippen LogP contribution in [0.15, 0.2) is 23.2 Å². The Morgan fingerprint density at radius 2 is 2.08 bits per heavy atom. The molecular weight excluding hydrogens is 434 g/mol. The van der Waals surface area contributed by atoms with Gasteiger partial charge in [0.1, 0.15) is 0 Å². The molecule has 142 valence electrons. The number of aromatic hydroxyl groups is 1. The minimum absolute atomic E-state index is 0. The van der Waals surface area contributed by atoms with Crippen LogP contribution < -0.4 is 5.32 Å². The maximum Gasteiger partial charge on any atom is 0.194 e. The topological polar surface area (TPSA) is 51.1 Å². The van der Waals surface area contributed by atoms with Crippen LogP contribution >= 0.6 is 24.0 Å². The average molecular weight is 464 g/mol. The molecule has 1 aromatic carbocycles. The quantitative estimate of drug-likeness (QED) is 0.386. The summed E-state index contributed by atoms with van der Waals surface area (Å²) in [4.78, 5) is 9.41. The van der Waals surface area contributed by atoms with Gasteiger partial charge in [0.2, 0.25) is 0 Å². The molecule has 1 atom stereocenters. The van der Waals surface area contributed by atoms with Gasteiger partial charge in [-0.2, -0.15) is 0 Å². The normalized spacial score (nSPS) is 17.7. The maximum atomic E-state index is 13.4. The van der Waals surface area contributed by atoms with Crippen LogP contribution in [0.1, 0.15) is 32.8 Å². The molecule has 0 saturated carbocycles. The Hall–Kier alpha value is -1.09. The van der Waals surface area contributed by atoms with E-state index in [0.29, 0.717) is 12.6 Å². The summed E-state index contributed by atoms with van der Waals surface area (Å²) in [5.74, 6) is -0.0487. The summed E-state index contributed by atoms with van der Waals surface area (Å²) >= 11 is 0. The summed E-state index contributed by atoms with van der Waals surface area (Å²) in [5.41, 5.74) is 0.750. The van der Waals surface area contributed by atoms with Crippen molar-refractivity contribution in [2.45, 2.75) is 39.8 Å². The Morgan fingerprint density at radius 3 is 2.68 bits per heavy atom. The van der Waals surface area contributed by atoms with Gasteiger partial charge in [-0.1, -0.05) is 19.9 Å². The Bertz CT molecular complexity index is 566. The Labute approximate surface area is 167 Å². The van der Waals surface area contributed by atoms with E-state index in [9.17, 15) is 9.50 Å². The van der Waals surface area contributed by atoms with Gasteiger partial charge in [0.15, 0.2) is 17.5 Å². The van der Waals surface area contributed by atoms with Gasteiger partial charge in [0, 0.05) is 25.7 Å². The van der Waals surface area contributed by atoms with E-state index in [0.717, 1.165) is 50.7 Å². The molecule has 2 N–H and O–H groups in total. The number of likely N-dealkylation sites (N-methyl/N-ethyl adjacent to an activating group) is 1. The number of likely N-dealkylation sites (tertiary alicyclic amines) is 1. The van der Waals surface area contributed by atoms with Crippen LogP contribution in [-0.4, -0.2) is 59.6 Å². The molecule has 1 fully saturated rings. The van der Waals surface area contributed by atoms with E-state index < -0.39 is 5.82 Å². The molecule has 0 spiro atoms. The number of rotatable bonds is 6. The zero-order chi connectivity index (χ0) is 17.5. The molecule has 0 amide bonds. The van der Waals surface area contributed by atoms with Crippen LogP contribution in [0.4, 0.5) is 4.39 Å². The van der Waals surface area contributed by atoms with Crippen LogP contribution in [0.25, 0.3) is 0 Å². The number of hydrogen-bond acceptors (Lipinski definition) is 3. The average Bonchev–Trinajstić information content (AvgIpc) is 3.05. The minimum atomic E-state index is -0.601. The first-order valence-electron chi connectivity index (χ1n) is 8.83. The van der Waals surface area contributed by atoms with E-state index in [4.69, 9.17) is 0 Å². The molecule has 1 aromatic rings. The summed E-state index contributed by atoms with van der Waals surface area (Å²) in [6.45, 7) is 11.7. The predicted octanol–water partition coefficient (Wildman–Crippen LogP) is 3.03. The maximum absolute atomic E-state index is 13.4. The van der Waals surface area contributed by atoms with Gasteiger partial charge in [-0.25, -0.2) is 9.38 Å². The van der Waals surface area contributed by atoms with E-state index in [1.807, 2.05) is 6.92 Å². The molecule has 25 heavy (non-hydrogen) atoms. The zero-order valence-electron chi connectivity index (χ0n) is 15.3. The third kappa shape index (κ3) is 5.99. The lowest BCUT2D eigenvalue weighted by atomic mass is 10.2. The van der Waals surface area contributed by atoms with Crippen molar-refractivity contribution >= 4 is 29.9 Å². The van der Waals surface area contributed by atoms with Gasteiger partial charge in [0.05, 0.1) is 6.54 Å². The highest BCUT2D eigenvalue weighted by Crippen LogP contribution is 2.18. The highest BCUT2D eigenvalue weighted by atomic mass is 127. The fourth-order valence-corrected chi connectivity index (χ4v) is 3.21. The smallest absolute Gasteiger partial charge is 0.194 e. The van der Waals surface area contributed by atoms with Crippen molar-refractivity contribution in [2.24, 2.45) is 4.99 Å². The largest absolute Gasteiger partial charge is 0.505 e. The summed E-state index contributed by atoms with van der Waals surface area (Å²) in [5, 5.41) is 12.6. The second kappa shape index (κ2) is 10.8. The van der Waals surface area contributed by atoms with Crippen LogP contribution in [0.2, 0.25) is 0 Å². The number of phenolic OH excluding ortho intramolecular Hbond substituents is 1. The summed E-state index contributed by atoms with van der Waals surface area (Å²) in [7, 11) is 0. The number of phenols is 1. The summed E-state index contributed by atoms with van der Waals surface area (Å²) in [6, 6.07) is 4.98. The third-order valence-corrected chi connectivity index (χ3v) is 4.55. The molecule has 1 unspecified atom stereocenters. The van der Waals surface area contributed by atoms with E-state index in [-0.39, 0.29) is 29.7 Å². The van der Waals surface area contributed by atoms with Crippen molar-refractivity contribution < 1.29 is 9.50 Å². The van der Waals surface area contributed by atoms with Crippen molar-refractivity contribution in [3.8, 4) is 5.75 Å². The first-order chi connectivity index (χ1) is 11.6. The molecule has 0 radical (unpaired) electrons. The number of guanidine groups is 1.